The zero-order valence-electron chi connectivity index (χ0n) is 14.7. The number of piperidine rings is 1. The van der Waals surface area contributed by atoms with Gasteiger partial charge in [-0.3, -0.25) is 9.69 Å². The first-order valence-electron chi connectivity index (χ1n) is 8.22. The fourth-order valence-corrected chi connectivity index (χ4v) is 3.39. The smallest absolute Gasteiger partial charge is 0.238 e. The molecule has 1 saturated heterocycles. The van der Waals surface area contributed by atoms with E-state index in [1.165, 1.54) is 18.4 Å². The highest BCUT2D eigenvalue weighted by atomic mass is 35.5. The van der Waals surface area contributed by atoms with Crippen LogP contribution in [0.1, 0.15) is 29.5 Å². The molecule has 1 aromatic rings. The Morgan fingerprint density at radius 2 is 1.96 bits per heavy atom. The molecule has 5 heteroatoms. The van der Waals surface area contributed by atoms with E-state index in [1.807, 2.05) is 20.9 Å². The number of halogens is 1. The molecule has 0 radical (unpaired) electrons. The molecule has 0 spiro atoms. The summed E-state index contributed by atoms with van der Waals surface area (Å²) < 4.78 is 0. The van der Waals surface area contributed by atoms with Crippen molar-refractivity contribution in [3.8, 4) is 0 Å². The molecular formula is C18H30ClN3O. The molecule has 1 aromatic carbocycles. The fourth-order valence-electron chi connectivity index (χ4n) is 3.39. The molecule has 1 heterocycles. The number of benzene rings is 1. The van der Waals surface area contributed by atoms with E-state index >= 15 is 0 Å². The van der Waals surface area contributed by atoms with Crippen LogP contribution in [0.2, 0.25) is 0 Å². The lowest BCUT2D eigenvalue weighted by molar-refractivity contribution is -0.117. The van der Waals surface area contributed by atoms with Crippen LogP contribution in [-0.4, -0.2) is 44.0 Å². The number of carbonyl (C=O) groups is 1. The predicted molar refractivity (Wildman–Crippen MR) is 99.6 cm³/mol. The minimum Gasteiger partial charge on any atom is -0.324 e. The van der Waals surface area contributed by atoms with Crippen molar-refractivity contribution in [3.63, 3.8) is 0 Å². The van der Waals surface area contributed by atoms with Crippen molar-refractivity contribution in [1.82, 2.24) is 10.2 Å². The Kier molecular flexibility index (Phi) is 8.03. The number of rotatable bonds is 5. The molecule has 1 atom stereocenters. The van der Waals surface area contributed by atoms with Crippen molar-refractivity contribution in [2.24, 2.45) is 5.92 Å². The maximum Gasteiger partial charge on any atom is 0.238 e. The molecule has 1 aliphatic rings. The maximum absolute atomic E-state index is 12.3. The Balaban J connectivity index is 0.00000264. The van der Waals surface area contributed by atoms with Gasteiger partial charge in [-0.25, -0.2) is 0 Å². The second-order valence-corrected chi connectivity index (χ2v) is 6.73. The van der Waals surface area contributed by atoms with Crippen molar-refractivity contribution in [3.05, 3.63) is 28.8 Å². The Morgan fingerprint density at radius 3 is 2.52 bits per heavy atom. The van der Waals surface area contributed by atoms with Crippen LogP contribution in [0, 0.1) is 26.7 Å². The largest absolute Gasteiger partial charge is 0.324 e. The van der Waals surface area contributed by atoms with Gasteiger partial charge in [-0.15, -0.1) is 12.4 Å². The van der Waals surface area contributed by atoms with Crippen LogP contribution >= 0.6 is 12.4 Å². The van der Waals surface area contributed by atoms with Crippen LogP contribution < -0.4 is 10.6 Å². The summed E-state index contributed by atoms with van der Waals surface area (Å²) in [6.07, 6.45) is 2.50. The van der Waals surface area contributed by atoms with Gasteiger partial charge in [0.2, 0.25) is 5.91 Å². The van der Waals surface area contributed by atoms with Gasteiger partial charge in [-0.1, -0.05) is 17.7 Å². The minimum absolute atomic E-state index is 0. The highest BCUT2D eigenvalue weighted by molar-refractivity contribution is 5.93. The van der Waals surface area contributed by atoms with E-state index in [1.54, 1.807) is 0 Å². The van der Waals surface area contributed by atoms with Gasteiger partial charge in [-0.05, 0) is 70.8 Å². The molecule has 0 bridgehead atoms. The second kappa shape index (κ2) is 9.26. The van der Waals surface area contributed by atoms with E-state index in [0.717, 1.165) is 36.4 Å². The van der Waals surface area contributed by atoms with E-state index in [0.29, 0.717) is 12.5 Å². The van der Waals surface area contributed by atoms with E-state index in [2.05, 4.69) is 34.6 Å². The lowest BCUT2D eigenvalue weighted by atomic mass is 9.99. The minimum atomic E-state index is 0. The van der Waals surface area contributed by atoms with Crippen LogP contribution in [0.15, 0.2) is 12.1 Å². The third-order valence-electron chi connectivity index (χ3n) is 4.32. The number of nitrogens with one attached hydrogen (secondary N) is 2. The molecule has 1 fully saturated rings. The van der Waals surface area contributed by atoms with Crippen LogP contribution in [0.5, 0.6) is 0 Å². The van der Waals surface area contributed by atoms with Gasteiger partial charge in [-0.2, -0.15) is 0 Å². The monoisotopic (exact) mass is 339 g/mol. The molecule has 2 N–H and O–H groups in total. The standard InChI is InChI=1S/C18H29N3O.ClH/c1-13-8-14(2)18(15(3)9-13)20-17(22)12-21(4)11-16-6-5-7-19-10-16;/h8-9,16,19H,5-7,10-12H2,1-4H3,(H,20,22);1H. The molecular weight excluding hydrogens is 310 g/mol. The van der Waals surface area contributed by atoms with Crippen LogP contribution in [0.3, 0.4) is 0 Å². The SMILES string of the molecule is Cc1cc(C)c(NC(=O)CN(C)CC2CCCNC2)c(C)c1.Cl. The first-order chi connectivity index (χ1) is 10.5. The topological polar surface area (TPSA) is 44.4 Å². The lowest BCUT2D eigenvalue weighted by Gasteiger charge is -2.27. The number of aryl methyl sites for hydroxylation is 3. The van der Waals surface area contributed by atoms with Crippen molar-refractivity contribution in [1.29, 1.82) is 0 Å². The van der Waals surface area contributed by atoms with Gasteiger partial charge < -0.3 is 10.6 Å². The number of hydrogen-bond acceptors (Lipinski definition) is 3. The number of nitrogens with zero attached hydrogens (tertiary/aromatic N) is 1. The molecule has 0 aliphatic carbocycles. The first-order valence-corrected chi connectivity index (χ1v) is 8.22. The van der Waals surface area contributed by atoms with E-state index in [-0.39, 0.29) is 18.3 Å². The average molecular weight is 340 g/mol. The van der Waals surface area contributed by atoms with Crippen LogP contribution in [-0.2, 0) is 4.79 Å². The van der Waals surface area contributed by atoms with Crippen molar-refractivity contribution >= 4 is 24.0 Å². The predicted octanol–water partition coefficient (Wildman–Crippen LogP) is 2.90. The molecule has 130 valence electrons. The van der Waals surface area contributed by atoms with E-state index in [4.69, 9.17) is 0 Å². The van der Waals surface area contributed by atoms with Gasteiger partial charge in [0.15, 0.2) is 0 Å². The van der Waals surface area contributed by atoms with Gasteiger partial charge >= 0.3 is 0 Å². The fraction of sp³-hybridized carbons (Fsp3) is 0.611. The molecule has 23 heavy (non-hydrogen) atoms. The van der Waals surface area contributed by atoms with Crippen LogP contribution in [0.4, 0.5) is 5.69 Å². The summed E-state index contributed by atoms with van der Waals surface area (Å²) in [5, 5.41) is 6.50. The molecule has 0 aromatic heterocycles. The third-order valence-corrected chi connectivity index (χ3v) is 4.32. The van der Waals surface area contributed by atoms with Gasteiger partial charge in [0.25, 0.3) is 0 Å². The normalized spacial score (nSPS) is 17.7. The quantitative estimate of drug-likeness (QED) is 0.867. The zero-order chi connectivity index (χ0) is 16.1. The Bertz CT molecular complexity index is 504. The van der Waals surface area contributed by atoms with Crippen molar-refractivity contribution < 1.29 is 4.79 Å². The number of carbonyl (C=O) groups excluding carboxylic acids is 1. The number of likely N-dealkylation sites (N-methyl/N-ethyl adjacent to an activating group) is 1. The summed E-state index contributed by atoms with van der Waals surface area (Å²) in [5.74, 6) is 0.732. The molecule has 0 saturated carbocycles. The van der Waals surface area contributed by atoms with Gasteiger partial charge in [0.05, 0.1) is 6.54 Å². The summed E-state index contributed by atoms with van der Waals surface area (Å²) >= 11 is 0. The molecule has 1 aliphatic heterocycles. The van der Waals surface area contributed by atoms with Crippen molar-refractivity contribution in [2.75, 3.05) is 38.5 Å². The van der Waals surface area contributed by atoms with Crippen molar-refractivity contribution in [2.45, 2.75) is 33.6 Å². The average Bonchev–Trinajstić information content (AvgIpc) is 2.43. The number of anilines is 1. The summed E-state index contributed by atoms with van der Waals surface area (Å²) in [4.78, 5) is 14.4. The van der Waals surface area contributed by atoms with E-state index < -0.39 is 0 Å². The van der Waals surface area contributed by atoms with Gasteiger partial charge in [0, 0.05) is 12.2 Å². The second-order valence-electron chi connectivity index (χ2n) is 6.73. The first kappa shape index (κ1) is 19.9. The highest BCUT2D eigenvalue weighted by Crippen LogP contribution is 2.21. The summed E-state index contributed by atoms with van der Waals surface area (Å²) in [6, 6.07) is 4.22. The van der Waals surface area contributed by atoms with Gasteiger partial charge in [0.1, 0.15) is 0 Å². The summed E-state index contributed by atoms with van der Waals surface area (Å²) in [6.45, 7) is 9.81. The third kappa shape index (κ3) is 6.13. The van der Waals surface area contributed by atoms with Crippen LogP contribution in [0.25, 0.3) is 0 Å². The lowest BCUT2D eigenvalue weighted by Crippen LogP contribution is -2.39. The van der Waals surface area contributed by atoms with E-state index in [9.17, 15) is 4.79 Å². The Hall–Kier alpha value is -1.10. The summed E-state index contributed by atoms with van der Waals surface area (Å²) in [7, 11) is 2.03. The molecule has 2 rings (SSSR count). The molecule has 1 unspecified atom stereocenters. The number of hydrogen-bond donors (Lipinski definition) is 2. The zero-order valence-corrected chi connectivity index (χ0v) is 15.6. The summed E-state index contributed by atoms with van der Waals surface area (Å²) in [5.41, 5.74) is 4.45. The highest BCUT2D eigenvalue weighted by Gasteiger charge is 2.17. The Labute approximate surface area is 146 Å². The molecule has 4 nitrogen and oxygen atoms in total. The maximum atomic E-state index is 12.3. The molecule has 1 amide bonds. The Morgan fingerprint density at radius 1 is 1.30 bits per heavy atom. The number of amides is 1.